The molecule has 2 heterocycles. The van der Waals surface area contributed by atoms with Crippen molar-refractivity contribution >= 4 is 33.3 Å². The van der Waals surface area contributed by atoms with E-state index in [0.29, 0.717) is 49.0 Å². The summed E-state index contributed by atoms with van der Waals surface area (Å²) in [4.78, 5) is 25.7. The molecule has 3 fully saturated rings. The van der Waals surface area contributed by atoms with Crippen molar-refractivity contribution in [3.63, 3.8) is 0 Å². The second-order valence-corrected chi connectivity index (χ2v) is 19.3. The Labute approximate surface area is 341 Å². The minimum atomic E-state index is -4.02. The number of hydrogen-bond donors (Lipinski definition) is 4. The number of alkyl carbamates (subject to hydrolysis) is 1. The number of carbonyl (C=O) groups excluding carboxylic acids is 1. The maximum atomic E-state index is 14.2. The lowest BCUT2D eigenvalue weighted by Crippen LogP contribution is -2.48. The minimum absolute atomic E-state index is 0.0408. The van der Waals surface area contributed by atoms with Gasteiger partial charge in [-0.25, -0.2) is 22.2 Å². The van der Waals surface area contributed by atoms with E-state index in [9.17, 15) is 37.0 Å². The second-order valence-electron chi connectivity index (χ2n) is 16.1. The van der Waals surface area contributed by atoms with Crippen LogP contribution in [0.1, 0.15) is 70.9 Å². The fourth-order valence-electron chi connectivity index (χ4n) is 7.51. The average molecular weight is 844 g/mol. The van der Waals surface area contributed by atoms with Crippen molar-refractivity contribution in [3.05, 3.63) is 77.9 Å². The van der Waals surface area contributed by atoms with Crippen molar-refractivity contribution in [2.45, 2.75) is 99.3 Å². The van der Waals surface area contributed by atoms with Gasteiger partial charge in [-0.3, -0.25) is 0 Å². The predicted octanol–water partition coefficient (Wildman–Crippen LogP) is 5.72. The summed E-state index contributed by atoms with van der Waals surface area (Å²) in [5.41, 5.74) is 1.62. The Balaban J connectivity index is 1.06. The summed E-state index contributed by atoms with van der Waals surface area (Å²) >= 11 is -2.02. The van der Waals surface area contributed by atoms with Crippen LogP contribution in [0.3, 0.4) is 0 Å². The van der Waals surface area contributed by atoms with Crippen LogP contribution < -0.4 is 14.8 Å². The zero-order chi connectivity index (χ0) is 41.9. The molecule has 2 aliphatic heterocycles. The van der Waals surface area contributed by atoms with E-state index in [1.165, 1.54) is 4.31 Å². The number of carboxylic acid groups (broad SMARTS) is 1. The molecule has 3 aliphatic rings. The summed E-state index contributed by atoms with van der Waals surface area (Å²) in [5, 5.41) is 23.7. The molecule has 17 heteroatoms. The van der Waals surface area contributed by atoms with Gasteiger partial charge >= 0.3 is 12.2 Å². The first kappa shape index (κ1) is 43.3. The molecule has 58 heavy (non-hydrogen) atoms. The maximum Gasteiger partial charge on any atom is 0.407 e. The number of piperidine rings is 1. The van der Waals surface area contributed by atoms with Crippen LogP contribution >= 0.6 is 0 Å². The lowest BCUT2D eigenvalue weighted by molar-refractivity contribution is -0.0319. The van der Waals surface area contributed by atoms with Gasteiger partial charge in [0.1, 0.15) is 34.7 Å². The van der Waals surface area contributed by atoms with E-state index in [1.807, 2.05) is 24.3 Å². The molecule has 3 aromatic carbocycles. The van der Waals surface area contributed by atoms with E-state index in [1.54, 1.807) is 70.2 Å². The van der Waals surface area contributed by atoms with Crippen molar-refractivity contribution < 1.29 is 55.9 Å². The highest BCUT2D eigenvalue weighted by molar-refractivity contribution is 7.89. The fourth-order valence-corrected chi connectivity index (χ4v) is 9.89. The molecule has 1 unspecified atom stereocenters. The van der Waals surface area contributed by atoms with Gasteiger partial charge in [-0.1, -0.05) is 42.5 Å². The largest absolute Gasteiger partial charge is 0.492 e. The van der Waals surface area contributed by atoms with Gasteiger partial charge in [-0.2, -0.15) is 4.31 Å². The molecule has 4 N–H and O–H groups in total. The molecule has 1 saturated carbocycles. The van der Waals surface area contributed by atoms with Crippen LogP contribution in [0.5, 0.6) is 11.5 Å². The lowest BCUT2D eigenvalue weighted by Gasteiger charge is -2.38. The van der Waals surface area contributed by atoms with E-state index in [-0.39, 0.29) is 56.6 Å². The van der Waals surface area contributed by atoms with E-state index in [4.69, 9.17) is 18.9 Å². The fraction of sp³-hybridized carbons (Fsp3) is 0.512. The standard InChI is InChI=1S/C41H53N3O12S2/c1-5-53-35-14-13-30(29-11-9-28(10-12-29)24-42-37(46)56-39(2,3)4)21-36(35)58(51,52)43-19-17-40(18-20-43)23-32(26-55-40)44(38(47)48)25-33(45)27-54-34-8-6-7-31(22-34)41(15-16-41)57(49)50/h6-14,21-22,32-33,45H,5,15-20,23-27H2,1-4H3,(H,42,46)(H,47,48)(H,49,50)/t32-,33-/m0/s1. The Kier molecular flexibility index (Phi) is 13.1. The number of nitrogens with zero attached hydrogens (tertiary/aromatic N) is 2. The second kappa shape index (κ2) is 17.5. The number of aliphatic hydroxyl groups excluding tert-OH is 1. The third-order valence-corrected chi connectivity index (χ3v) is 14.0. The van der Waals surface area contributed by atoms with Crippen molar-refractivity contribution in [2.24, 2.45) is 0 Å². The van der Waals surface area contributed by atoms with Crippen LogP contribution in [-0.2, 0) is 41.9 Å². The molecule has 1 spiro atoms. The number of nitrogens with one attached hydrogen (secondary N) is 1. The van der Waals surface area contributed by atoms with Gasteiger partial charge in [0, 0.05) is 19.6 Å². The number of aliphatic hydroxyl groups is 1. The summed E-state index contributed by atoms with van der Waals surface area (Å²) in [5.74, 6) is 0.642. The first-order chi connectivity index (χ1) is 27.4. The molecule has 2 saturated heterocycles. The van der Waals surface area contributed by atoms with Gasteiger partial charge in [-0.05, 0) is 106 Å². The van der Waals surface area contributed by atoms with E-state index < -0.39 is 61.4 Å². The number of hydrogen-bond acceptors (Lipinski definition) is 10. The number of amides is 2. The van der Waals surface area contributed by atoms with Gasteiger partial charge in [0.2, 0.25) is 10.0 Å². The zero-order valence-electron chi connectivity index (χ0n) is 33.2. The molecule has 1 aliphatic carbocycles. The molecule has 0 radical (unpaired) electrons. The SMILES string of the molecule is CCOc1ccc(-c2ccc(CNC(=O)OC(C)(C)C)cc2)cc1S(=O)(=O)N1CCC2(CC1)C[C@H](N(C[C@H](O)COc1cccc(C3(S(=O)O)CC3)c1)C(=O)O)CO2. The monoisotopic (exact) mass is 843 g/mol. The van der Waals surface area contributed by atoms with Crippen molar-refractivity contribution in [2.75, 3.05) is 39.5 Å². The van der Waals surface area contributed by atoms with Crippen molar-refractivity contribution in [1.82, 2.24) is 14.5 Å². The normalized spacial score (nSPS) is 19.9. The van der Waals surface area contributed by atoms with Gasteiger partial charge in [-0.15, -0.1) is 0 Å². The van der Waals surface area contributed by atoms with Crippen LogP contribution in [-0.4, -0.2) is 112 Å². The van der Waals surface area contributed by atoms with Gasteiger partial charge in [0.05, 0.1) is 36.1 Å². The minimum Gasteiger partial charge on any atom is -0.492 e. The Bertz CT molecular complexity index is 2080. The van der Waals surface area contributed by atoms with Gasteiger partial charge in [0.25, 0.3) is 0 Å². The predicted molar refractivity (Wildman–Crippen MR) is 216 cm³/mol. The van der Waals surface area contributed by atoms with Crippen LogP contribution in [0.15, 0.2) is 71.6 Å². The van der Waals surface area contributed by atoms with Crippen LogP contribution in [0, 0.1) is 0 Å². The van der Waals surface area contributed by atoms with Crippen LogP contribution in [0.25, 0.3) is 11.1 Å². The molecule has 3 atom stereocenters. The van der Waals surface area contributed by atoms with E-state index in [0.717, 1.165) is 16.0 Å². The molecule has 0 aromatic heterocycles. The van der Waals surface area contributed by atoms with E-state index in [2.05, 4.69) is 5.32 Å². The molecule has 3 aromatic rings. The summed E-state index contributed by atoms with van der Waals surface area (Å²) < 4.78 is 73.7. The van der Waals surface area contributed by atoms with E-state index >= 15 is 0 Å². The third kappa shape index (κ3) is 10.1. The number of carbonyl (C=O) groups is 2. The Morgan fingerprint density at radius 3 is 2.33 bits per heavy atom. The summed E-state index contributed by atoms with van der Waals surface area (Å²) in [6.45, 7) is 7.66. The van der Waals surface area contributed by atoms with Crippen LogP contribution in [0.4, 0.5) is 9.59 Å². The third-order valence-electron chi connectivity index (χ3n) is 10.7. The summed E-state index contributed by atoms with van der Waals surface area (Å²) in [6.07, 6.45) is -0.689. The first-order valence-corrected chi connectivity index (χ1v) is 22.0. The van der Waals surface area contributed by atoms with Crippen molar-refractivity contribution in [3.8, 4) is 22.6 Å². The maximum absolute atomic E-state index is 14.2. The summed E-state index contributed by atoms with van der Waals surface area (Å²) in [6, 6.07) is 18.7. The van der Waals surface area contributed by atoms with Crippen LogP contribution in [0.2, 0.25) is 0 Å². The average Bonchev–Trinajstić information content (AvgIpc) is 3.91. The van der Waals surface area contributed by atoms with Crippen molar-refractivity contribution in [1.29, 1.82) is 0 Å². The Morgan fingerprint density at radius 1 is 1.02 bits per heavy atom. The Morgan fingerprint density at radius 2 is 1.71 bits per heavy atom. The topological polar surface area (TPSA) is 201 Å². The lowest BCUT2D eigenvalue weighted by atomic mass is 9.88. The molecule has 2 amide bonds. The molecule has 316 valence electrons. The molecular weight excluding hydrogens is 791 g/mol. The summed E-state index contributed by atoms with van der Waals surface area (Å²) in [7, 11) is -4.02. The molecule has 6 rings (SSSR count). The van der Waals surface area contributed by atoms with Gasteiger partial charge in [0.15, 0.2) is 11.1 Å². The highest BCUT2D eigenvalue weighted by atomic mass is 32.2. The molecular formula is C41H53N3O12S2. The smallest absolute Gasteiger partial charge is 0.407 e. The number of sulfonamides is 1. The quantitative estimate of drug-likeness (QED) is 0.136. The molecule has 0 bridgehead atoms. The number of rotatable bonds is 15. The zero-order valence-corrected chi connectivity index (χ0v) is 34.9. The Hall–Kier alpha value is -4.26. The highest BCUT2D eigenvalue weighted by Crippen LogP contribution is 2.51. The number of benzene rings is 3. The number of ether oxygens (including phenoxy) is 4. The highest BCUT2D eigenvalue weighted by Gasteiger charge is 2.51. The van der Waals surface area contributed by atoms with Gasteiger partial charge < -0.3 is 43.9 Å². The molecule has 15 nitrogen and oxygen atoms in total. The first-order valence-electron chi connectivity index (χ1n) is 19.4.